The van der Waals surface area contributed by atoms with Gasteiger partial charge in [0, 0.05) is 42.7 Å². The minimum Gasteiger partial charge on any atom is -0.372 e. The molecule has 1 saturated carbocycles. The Kier molecular flexibility index (Phi) is 4.01. The molecule has 2 fully saturated rings. The molecule has 2 aliphatic rings. The highest BCUT2D eigenvalue weighted by atomic mass is 16.1. The maximum absolute atomic E-state index is 11.4. The summed E-state index contributed by atoms with van der Waals surface area (Å²) >= 11 is 0. The quantitative estimate of drug-likeness (QED) is 0.869. The molecule has 1 amide bonds. The molecule has 3 rings (SSSR count). The molecule has 0 bridgehead atoms. The lowest BCUT2D eigenvalue weighted by atomic mass is 9.80. The second-order valence-electron chi connectivity index (χ2n) is 6.39. The first-order chi connectivity index (χ1) is 10.6. The molecule has 1 aliphatic carbocycles. The number of hydrogen-bond acceptors (Lipinski definition) is 3. The van der Waals surface area contributed by atoms with Crippen molar-refractivity contribution < 1.29 is 9.59 Å². The van der Waals surface area contributed by atoms with E-state index in [0.29, 0.717) is 12.5 Å². The highest BCUT2D eigenvalue weighted by Gasteiger charge is 2.32. The van der Waals surface area contributed by atoms with Crippen LogP contribution in [0.5, 0.6) is 0 Å². The van der Waals surface area contributed by atoms with Crippen molar-refractivity contribution >= 4 is 17.9 Å². The molecule has 4 heteroatoms. The number of aldehydes is 1. The van der Waals surface area contributed by atoms with E-state index in [1.54, 1.807) is 0 Å². The van der Waals surface area contributed by atoms with Gasteiger partial charge in [0.2, 0.25) is 5.91 Å². The van der Waals surface area contributed by atoms with E-state index in [0.717, 1.165) is 36.9 Å². The van der Waals surface area contributed by atoms with Crippen LogP contribution in [-0.2, 0) is 9.59 Å². The smallest absolute Gasteiger partial charge is 0.224 e. The number of amides is 1. The highest BCUT2D eigenvalue weighted by molar-refractivity contribution is 5.79. The third kappa shape index (κ3) is 2.78. The second kappa shape index (κ2) is 5.95. The predicted molar refractivity (Wildman–Crippen MR) is 86.7 cm³/mol. The Bertz CT molecular complexity index is 605. The summed E-state index contributed by atoms with van der Waals surface area (Å²) in [5.41, 5.74) is 3.15. The third-order valence-corrected chi connectivity index (χ3v) is 4.95. The molecule has 1 heterocycles. The van der Waals surface area contributed by atoms with E-state index in [1.165, 1.54) is 5.56 Å². The Hall–Kier alpha value is -2.10. The van der Waals surface area contributed by atoms with Crippen LogP contribution in [0, 0.1) is 5.92 Å². The lowest BCUT2D eigenvalue weighted by Gasteiger charge is -2.40. The van der Waals surface area contributed by atoms with E-state index in [4.69, 9.17) is 0 Å². The number of rotatable bonds is 4. The van der Waals surface area contributed by atoms with Gasteiger partial charge in [-0.1, -0.05) is 18.7 Å². The van der Waals surface area contributed by atoms with Crippen molar-refractivity contribution in [2.24, 2.45) is 5.92 Å². The van der Waals surface area contributed by atoms with E-state index >= 15 is 0 Å². The SMILES string of the molecule is C=C1NC(=O)CCC1c1cccc(N(C)C2CC(C=O)C2)c1. The summed E-state index contributed by atoms with van der Waals surface area (Å²) in [6.07, 6.45) is 4.31. The zero-order valence-corrected chi connectivity index (χ0v) is 12.9. The zero-order chi connectivity index (χ0) is 15.7. The van der Waals surface area contributed by atoms with Crippen molar-refractivity contribution in [3.05, 3.63) is 42.1 Å². The summed E-state index contributed by atoms with van der Waals surface area (Å²) in [5, 5.41) is 2.85. The third-order valence-electron chi connectivity index (χ3n) is 4.95. The van der Waals surface area contributed by atoms with Crippen molar-refractivity contribution in [1.29, 1.82) is 0 Å². The lowest BCUT2D eigenvalue weighted by Crippen LogP contribution is -2.43. The molecular weight excluding hydrogens is 276 g/mol. The minimum atomic E-state index is 0.0592. The minimum absolute atomic E-state index is 0.0592. The normalized spacial score (nSPS) is 27.8. The first kappa shape index (κ1) is 14.8. The van der Waals surface area contributed by atoms with Crippen molar-refractivity contribution in [2.75, 3.05) is 11.9 Å². The van der Waals surface area contributed by atoms with Gasteiger partial charge in [-0.3, -0.25) is 4.79 Å². The largest absolute Gasteiger partial charge is 0.372 e. The van der Waals surface area contributed by atoms with E-state index in [-0.39, 0.29) is 17.7 Å². The number of allylic oxidation sites excluding steroid dienone is 1. The van der Waals surface area contributed by atoms with Gasteiger partial charge in [0.15, 0.2) is 0 Å². The zero-order valence-electron chi connectivity index (χ0n) is 12.9. The van der Waals surface area contributed by atoms with Crippen LogP contribution in [0.4, 0.5) is 5.69 Å². The van der Waals surface area contributed by atoms with Gasteiger partial charge in [-0.15, -0.1) is 0 Å². The summed E-state index contributed by atoms with van der Waals surface area (Å²) in [5.74, 6) is 0.475. The maximum atomic E-state index is 11.4. The van der Waals surface area contributed by atoms with Gasteiger partial charge in [0.25, 0.3) is 0 Å². The van der Waals surface area contributed by atoms with Crippen LogP contribution in [0.1, 0.15) is 37.2 Å². The van der Waals surface area contributed by atoms with Gasteiger partial charge >= 0.3 is 0 Å². The molecule has 0 radical (unpaired) electrons. The number of nitrogens with one attached hydrogen (secondary N) is 1. The summed E-state index contributed by atoms with van der Waals surface area (Å²) in [7, 11) is 2.09. The van der Waals surface area contributed by atoms with Crippen LogP contribution in [0.25, 0.3) is 0 Å². The van der Waals surface area contributed by atoms with Gasteiger partial charge in [-0.2, -0.15) is 0 Å². The molecule has 1 aromatic rings. The van der Waals surface area contributed by atoms with Crippen LogP contribution in [0.3, 0.4) is 0 Å². The van der Waals surface area contributed by atoms with Gasteiger partial charge < -0.3 is 15.0 Å². The van der Waals surface area contributed by atoms with Gasteiger partial charge in [0.1, 0.15) is 6.29 Å². The molecule has 1 atom stereocenters. The molecular formula is C18H22N2O2. The number of nitrogens with zero attached hydrogens (tertiary/aromatic N) is 1. The van der Waals surface area contributed by atoms with E-state index < -0.39 is 0 Å². The van der Waals surface area contributed by atoms with Crippen molar-refractivity contribution in [3.63, 3.8) is 0 Å². The van der Waals surface area contributed by atoms with Crippen molar-refractivity contribution in [2.45, 2.75) is 37.6 Å². The molecule has 1 aromatic carbocycles. The molecule has 1 unspecified atom stereocenters. The number of carbonyl (C=O) groups excluding carboxylic acids is 2. The van der Waals surface area contributed by atoms with Crippen LogP contribution < -0.4 is 10.2 Å². The first-order valence-corrected chi connectivity index (χ1v) is 7.85. The standard InChI is InChI=1S/C18H22N2O2/c1-12-17(6-7-18(22)19-12)14-4-3-5-15(10-14)20(2)16-8-13(9-16)11-21/h3-5,10-11,13,16-17H,1,6-9H2,2H3,(H,19,22). The average Bonchev–Trinajstić information content (AvgIpc) is 2.46. The predicted octanol–water partition coefficient (Wildman–Crippen LogP) is 2.61. The fourth-order valence-electron chi connectivity index (χ4n) is 3.38. The Morgan fingerprint density at radius 1 is 1.36 bits per heavy atom. The van der Waals surface area contributed by atoms with Gasteiger partial charge in [-0.25, -0.2) is 0 Å². The summed E-state index contributed by atoms with van der Waals surface area (Å²) in [6, 6.07) is 8.88. The molecule has 1 saturated heterocycles. The van der Waals surface area contributed by atoms with Gasteiger partial charge in [-0.05, 0) is 37.0 Å². The summed E-state index contributed by atoms with van der Waals surface area (Å²) in [6.45, 7) is 4.00. The Balaban J connectivity index is 1.74. The second-order valence-corrected chi connectivity index (χ2v) is 6.39. The maximum Gasteiger partial charge on any atom is 0.224 e. The summed E-state index contributed by atoms with van der Waals surface area (Å²) in [4.78, 5) is 24.4. The van der Waals surface area contributed by atoms with Crippen LogP contribution in [0.2, 0.25) is 0 Å². The Morgan fingerprint density at radius 2 is 2.14 bits per heavy atom. The molecule has 116 valence electrons. The van der Waals surface area contributed by atoms with E-state index in [9.17, 15) is 9.59 Å². The fourth-order valence-corrected chi connectivity index (χ4v) is 3.38. The molecule has 4 nitrogen and oxygen atoms in total. The number of benzene rings is 1. The monoisotopic (exact) mass is 298 g/mol. The number of carbonyl (C=O) groups is 2. The van der Waals surface area contributed by atoms with Crippen LogP contribution in [0.15, 0.2) is 36.5 Å². The topological polar surface area (TPSA) is 49.4 Å². The first-order valence-electron chi connectivity index (χ1n) is 7.85. The number of piperidine rings is 1. The van der Waals surface area contributed by atoms with E-state index in [2.05, 4.69) is 48.1 Å². The molecule has 22 heavy (non-hydrogen) atoms. The molecule has 1 aliphatic heterocycles. The van der Waals surface area contributed by atoms with Gasteiger partial charge in [0.05, 0.1) is 0 Å². The molecule has 0 aromatic heterocycles. The van der Waals surface area contributed by atoms with Crippen molar-refractivity contribution in [1.82, 2.24) is 5.32 Å². The average molecular weight is 298 g/mol. The summed E-state index contributed by atoms with van der Waals surface area (Å²) < 4.78 is 0. The Labute approximate surface area is 131 Å². The van der Waals surface area contributed by atoms with Crippen molar-refractivity contribution in [3.8, 4) is 0 Å². The highest BCUT2D eigenvalue weighted by Crippen LogP contribution is 2.35. The Morgan fingerprint density at radius 3 is 2.82 bits per heavy atom. The van der Waals surface area contributed by atoms with Crippen LogP contribution >= 0.6 is 0 Å². The lowest BCUT2D eigenvalue weighted by molar-refractivity contribution is -0.121. The van der Waals surface area contributed by atoms with Crippen LogP contribution in [-0.4, -0.2) is 25.3 Å². The number of hydrogen-bond donors (Lipinski definition) is 1. The molecule has 1 N–H and O–H groups in total. The number of anilines is 1. The van der Waals surface area contributed by atoms with E-state index in [1.807, 2.05) is 0 Å². The molecule has 0 spiro atoms. The fraction of sp³-hybridized carbons (Fsp3) is 0.444.